The maximum absolute atomic E-state index is 13.0. The highest BCUT2D eigenvalue weighted by Gasteiger charge is 2.44. The molecule has 0 heterocycles. The molecule has 0 aliphatic heterocycles. The molecule has 1 aromatic rings. The summed E-state index contributed by atoms with van der Waals surface area (Å²) < 4.78 is 54.8. The monoisotopic (exact) mass is 428 g/mol. The maximum Gasteiger partial charge on any atom is 0.461 e. The molecule has 170 valence electrons. The lowest BCUT2D eigenvalue weighted by Gasteiger charge is -2.38. The normalized spacial score (nSPS) is 27.9. The summed E-state index contributed by atoms with van der Waals surface area (Å²) in [5.41, 5.74) is 1.10. The first kappa shape index (κ1) is 23.4. The van der Waals surface area contributed by atoms with Crippen molar-refractivity contribution in [3.63, 3.8) is 0 Å². The Labute approximate surface area is 178 Å². The number of unbranched alkanes of at least 4 members (excludes halogenated alkanes) is 2. The van der Waals surface area contributed by atoms with Gasteiger partial charge < -0.3 is 4.74 Å². The number of rotatable bonds is 9. The fraction of sp³-hybridized carbons (Fsp3) is 0.760. The minimum atomic E-state index is -4.45. The number of ether oxygens (including phenoxy) is 1. The average Bonchev–Trinajstić information content (AvgIpc) is 2.75. The topological polar surface area (TPSA) is 9.23 Å². The van der Waals surface area contributed by atoms with Gasteiger partial charge in [-0.2, -0.15) is 17.6 Å². The highest BCUT2D eigenvalue weighted by Crippen LogP contribution is 2.44. The second kappa shape index (κ2) is 10.9. The summed E-state index contributed by atoms with van der Waals surface area (Å²) in [5.74, 6) is 2.86. The van der Waals surface area contributed by atoms with Gasteiger partial charge in [-0.05, 0) is 79.9 Å². The molecule has 0 N–H and O–H groups in total. The van der Waals surface area contributed by atoms with Crippen molar-refractivity contribution in [1.82, 2.24) is 0 Å². The van der Waals surface area contributed by atoms with Crippen molar-refractivity contribution in [2.75, 3.05) is 0 Å². The molecular weight excluding hydrogens is 392 g/mol. The van der Waals surface area contributed by atoms with Gasteiger partial charge in [-0.1, -0.05) is 57.6 Å². The summed E-state index contributed by atoms with van der Waals surface area (Å²) in [6.07, 6.45) is 7.47. The number of halogens is 4. The van der Waals surface area contributed by atoms with Crippen LogP contribution in [-0.4, -0.2) is 12.5 Å². The van der Waals surface area contributed by atoms with E-state index in [4.69, 9.17) is 0 Å². The minimum Gasteiger partial charge on any atom is -0.428 e. The Bertz CT molecular complexity index is 615. The molecule has 30 heavy (non-hydrogen) atoms. The van der Waals surface area contributed by atoms with Crippen molar-refractivity contribution < 1.29 is 22.3 Å². The van der Waals surface area contributed by atoms with Crippen molar-refractivity contribution in [3.8, 4) is 5.75 Å². The van der Waals surface area contributed by atoms with Crippen LogP contribution in [0.3, 0.4) is 0 Å². The Morgan fingerprint density at radius 1 is 0.867 bits per heavy atom. The highest BCUT2D eigenvalue weighted by atomic mass is 19.3. The van der Waals surface area contributed by atoms with E-state index in [2.05, 4.69) is 11.7 Å². The SMILES string of the molecule is CCCCC[C@H]1CC[C@H](C2CCC(c3ccc(OC(F)(F)C(F)F)cc3)CC2)CC1. The summed E-state index contributed by atoms with van der Waals surface area (Å²) >= 11 is 0. The molecular formula is C25H36F4O. The standard InChI is InChI=1S/C25H36F4O/c1-2-3-4-5-18-6-8-19(9-7-18)20-10-12-21(13-11-20)22-14-16-23(17-15-22)30-25(28,29)24(26)27/h14-21,24H,2-13H2,1H3/t18-,19-,20?,21?. The molecule has 0 radical (unpaired) electrons. The molecule has 3 rings (SSSR count). The Balaban J connectivity index is 1.42. The Morgan fingerprint density at radius 2 is 1.43 bits per heavy atom. The first-order valence-corrected chi connectivity index (χ1v) is 11.8. The van der Waals surface area contributed by atoms with E-state index in [9.17, 15) is 17.6 Å². The quantitative estimate of drug-likeness (QED) is 0.283. The van der Waals surface area contributed by atoms with Gasteiger partial charge in [-0.3, -0.25) is 0 Å². The van der Waals surface area contributed by atoms with E-state index >= 15 is 0 Å². The van der Waals surface area contributed by atoms with Gasteiger partial charge in [-0.25, -0.2) is 0 Å². The molecule has 0 amide bonds. The molecule has 1 nitrogen and oxygen atoms in total. The van der Waals surface area contributed by atoms with Gasteiger partial charge >= 0.3 is 12.5 Å². The Morgan fingerprint density at radius 3 is 1.97 bits per heavy atom. The summed E-state index contributed by atoms with van der Waals surface area (Å²) in [7, 11) is 0. The highest BCUT2D eigenvalue weighted by molar-refractivity contribution is 5.30. The van der Waals surface area contributed by atoms with E-state index in [1.54, 1.807) is 12.1 Å². The summed E-state index contributed by atoms with van der Waals surface area (Å²) in [4.78, 5) is 0. The number of benzene rings is 1. The predicted molar refractivity (Wildman–Crippen MR) is 112 cm³/mol. The molecule has 0 atom stereocenters. The summed E-state index contributed by atoms with van der Waals surface area (Å²) in [5, 5.41) is 0. The fourth-order valence-electron chi connectivity index (χ4n) is 5.56. The third kappa shape index (κ3) is 6.37. The van der Waals surface area contributed by atoms with Crippen LogP contribution in [0.1, 0.15) is 95.5 Å². The number of alkyl halides is 4. The first-order valence-electron chi connectivity index (χ1n) is 11.8. The molecule has 0 spiro atoms. The van der Waals surface area contributed by atoms with Crippen LogP contribution in [-0.2, 0) is 0 Å². The maximum atomic E-state index is 13.0. The Kier molecular flexibility index (Phi) is 8.47. The van der Waals surface area contributed by atoms with E-state index in [0.29, 0.717) is 5.92 Å². The van der Waals surface area contributed by atoms with Crippen molar-refractivity contribution in [2.24, 2.45) is 17.8 Å². The lowest BCUT2D eigenvalue weighted by molar-refractivity contribution is -0.253. The van der Waals surface area contributed by atoms with Crippen LogP contribution >= 0.6 is 0 Å². The zero-order valence-corrected chi connectivity index (χ0v) is 18.1. The molecule has 1 aromatic carbocycles. The zero-order chi connectivity index (χ0) is 21.6. The zero-order valence-electron chi connectivity index (χ0n) is 18.1. The third-order valence-electron chi connectivity index (χ3n) is 7.41. The molecule has 5 heteroatoms. The van der Waals surface area contributed by atoms with Gasteiger partial charge in [-0.15, -0.1) is 0 Å². The molecule has 2 aliphatic rings. The first-order chi connectivity index (χ1) is 14.4. The smallest absolute Gasteiger partial charge is 0.428 e. The van der Waals surface area contributed by atoms with Crippen LogP contribution in [0, 0.1) is 17.8 Å². The van der Waals surface area contributed by atoms with Crippen LogP contribution in [0.2, 0.25) is 0 Å². The van der Waals surface area contributed by atoms with Gasteiger partial charge in [0.15, 0.2) is 0 Å². The van der Waals surface area contributed by atoms with Crippen LogP contribution in [0.15, 0.2) is 24.3 Å². The largest absolute Gasteiger partial charge is 0.461 e. The Hall–Kier alpha value is -1.26. The van der Waals surface area contributed by atoms with Crippen LogP contribution in [0.5, 0.6) is 5.75 Å². The molecule has 0 unspecified atom stereocenters. The molecule has 2 aliphatic carbocycles. The van der Waals surface area contributed by atoms with Crippen LogP contribution < -0.4 is 4.74 Å². The molecule has 2 fully saturated rings. The van der Waals surface area contributed by atoms with Crippen LogP contribution in [0.25, 0.3) is 0 Å². The van der Waals surface area contributed by atoms with E-state index in [1.807, 2.05) is 0 Å². The van der Waals surface area contributed by atoms with E-state index < -0.39 is 12.5 Å². The minimum absolute atomic E-state index is 0.214. The van der Waals surface area contributed by atoms with Crippen molar-refractivity contribution in [1.29, 1.82) is 0 Å². The average molecular weight is 429 g/mol. The third-order valence-corrected chi connectivity index (χ3v) is 7.41. The predicted octanol–water partition coefficient (Wildman–Crippen LogP) is 8.58. The summed E-state index contributed by atoms with van der Waals surface area (Å²) in [6.45, 7) is 2.27. The molecule has 0 aromatic heterocycles. The molecule has 2 saturated carbocycles. The summed E-state index contributed by atoms with van der Waals surface area (Å²) in [6, 6.07) is 6.28. The van der Waals surface area contributed by atoms with Gasteiger partial charge in [0.25, 0.3) is 0 Å². The van der Waals surface area contributed by atoms with Crippen LogP contribution in [0.4, 0.5) is 17.6 Å². The van der Waals surface area contributed by atoms with E-state index in [-0.39, 0.29) is 5.75 Å². The van der Waals surface area contributed by atoms with Crippen molar-refractivity contribution in [3.05, 3.63) is 29.8 Å². The van der Waals surface area contributed by atoms with Gasteiger partial charge in [0.05, 0.1) is 0 Å². The van der Waals surface area contributed by atoms with E-state index in [1.165, 1.54) is 76.3 Å². The van der Waals surface area contributed by atoms with Gasteiger partial charge in [0.2, 0.25) is 0 Å². The van der Waals surface area contributed by atoms with Crippen molar-refractivity contribution >= 4 is 0 Å². The lowest BCUT2D eigenvalue weighted by Crippen LogP contribution is -2.33. The lowest BCUT2D eigenvalue weighted by atomic mass is 9.68. The number of hydrogen-bond acceptors (Lipinski definition) is 1. The fourth-order valence-corrected chi connectivity index (χ4v) is 5.56. The second-order valence-corrected chi connectivity index (χ2v) is 9.42. The number of hydrogen-bond donors (Lipinski definition) is 0. The van der Waals surface area contributed by atoms with E-state index in [0.717, 1.165) is 36.2 Å². The molecule has 0 saturated heterocycles. The van der Waals surface area contributed by atoms with Crippen molar-refractivity contribution in [2.45, 2.75) is 102 Å². The second-order valence-electron chi connectivity index (χ2n) is 9.42. The molecule has 0 bridgehead atoms. The van der Waals surface area contributed by atoms with Gasteiger partial charge in [0, 0.05) is 0 Å². The van der Waals surface area contributed by atoms with Gasteiger partial charge in [0.1, 0.15) is 5.75 Å².